The van der Waals surface area contributed by atoms with Gasteiger partial charge in [-0.25, -0.2) is 0 Å². The largest absolute Gasteiger partial charge is 0.409 e. The van der Waals surface area contributed by atoms with Gasteiger partial charge in [-0.3, -0.25) is 9.69 Å². The molecule has 0 aromatic carbocycles. The van der Waals surface area contributed by atoms with Crippen molar-refractivity contribution in [2.45, 2.75) is 32.7 Å². The summed E-state index contributed by atoms with van der Waals surface area (Å²) in [5, 5.41) is 14.1. The van der Waals surface area contributed by atoms with E-state index < -0.39 is 5.92 Å². The lowest BCUT2D eigenvalue weighted by atomic mass is 10.1. The van der Waals surface area contributed by atoms with Gasteiger partial charge in [0.1, 0.15) is 0 Å². The molecule has 1 fully saturated rings. The molecule has 0 spiro atoms. The number of hydrogen-bond donors (Lipinski definition) is 3. The first kappa shape index (κ1) is 13.8. The first-order valence-corrected chi connectivity index (χ1v) is 6.05. The summed E-state index contributed by atoms with van der Waals surface area (Å²) in [6.07, 6.45) is 2.47. The molecule has 6 heteroatoms. The van der Waals surface area contributed by atoms with E-state index in [1.54, 1.807) is 6.92 Å². The van der Waals surface area contributed by atoms with Crippen molar-refractivity contribution in [2.24, 2.45) is 16.8 Å². The Labute approximate surface area is 102 Å². The number of likely N-dealkylation sites (tertiary alicyclic amines) is 1. The van der Waals surface area contributed by atoms with E-state index in [1.807, 2.05) is 0 Å². The molecular weight excluding hydrogens is 220 g/mol. The van der Waals surface area contributed by atoms with Crippen LogP contribution in [0.25, 0.3) is 0 Å². The maximum atomic E-state index is 11.7. The predicted molar refractivity (Wildman–Crippen MR) is 65.9 cm³/mol. The summed E-state index contributed by atoms with van der Waals surface area (Å²) < 4.78 is 0. The quantitative estimate of drug-likeness (QED) is 0.273. The van der Waals surface area contributed by atoms with Crippen LogP contribution in [0, 0.1) is 5.92 Å². The van der Waals surface area contributed by atoms with Gasteiger partial charge >= 0.3 is 0 Å². The normalized spacial score (nSPS) is 21.2. The van der Waals surface area contributed by atoms with Crippen molar-refractivity contribution in [3.05, 3.63) is 0 Å². The van der Waals surface area contributed by atoms with Crippen molar-refractivity contribution in [1.29, 1.82) is 0 Å². The minimum Gasteiger partial charge on any atom is -0.409 e. The number of amides is 1. The van der Waals surface area contributed by atoms with Gasteiger partial charge < -0.3 is 16.3 Å². The lowest BCUT2D eigenvalue weighted by molar-refractivity contribution is -0.122. The number of hydrogen-bond acceptors (Lipinski definition) is 4. The molecule has 0 saturated carbocycles. The fraction of sp³-hybridized carbons (Fsp3) is 0.818. The first-order valence-electron chi connectivity index (χ1n) is 6.05. The van der Waals surface area contributed by atoms with E-state index in [0.29, 0.717) is 12.6 Å². The van der Waals surface area contributed by atoms with Gasteiger partial charge in [-0.2, -0.15) is 0 Å². The lowest BCUT2D eigenvalue weighted by Gasteiger charge is -2.24. The monoisotopic (exact) mass is 242 g/mol. The van der Waals surface area contributed by atoms with E-state index in [9.17, 15) is 4.79 Å². The van der Waals surface area contributed by atoms with E-state index in [0.717, 1.165) is 13.1 Å². The average Bonchev–Trinajstić information content (AvgIpc) is 2.87. The number of oxime groups is 1. The minimum absolute atomic E-state index is 0.0590. The summed E-state index contributed by atoms with van der Waals surface area (Å²) in [6, 6.07) is 0.334. The Morgan fingerprint density at radius 1 is 1.47 bits per heavy atom. The fourth-order valence-corrected chi connectivity index (χ4v) is 1.93. The molecule has 1 amide bonds. The van der Waals surface area contributed by atoms with Crippen LogP contribution in [-0.2, 0) is 4.79 Å². The second-order valence-corrected chi connectivity index (χ2v) is 4.58. The number of nitrogens with two attached hydrogens (primary N) is 1. The van der Waals surface area contributed by atoms with Crippen molar-refractivity contribution in [1.82, 2.24) is 10.2 Å². The van der Waals surface area contributed by atoms with Gasteiger partial charge in [0.25, 0.3) is 0 Å². The molecule has 0 radical (unpaired) electrons. The molecule has 1 rings (SSSR count). The van der Waals surface area contributed by atoms with Gasteiger partial charge in [0.15, 0.2) is 5.84 Å². The third-order valence-electron chi connectivity index (χ3n) is 3.29. The highest BCUT2D eigenvalue weighted by Crippen LogP contribution is 2.10. The molecule has 1 aliphatic rings. The van der Waals surface area contributed by atoms with Crippen molar-refractivity contribution in [3.63, 3.8) is 0 Å². The predicted octanol–water partition coefficient (Wildman–Crippen LogP) is -0.0306. The van der Waals surface area contributed by atoms with Crippen molar-refractivity contribution < 1.29 is 10.0 Å². The standard InChI is InChI=1S/C11H22N4O2/c1-8(15-5-3-4-6-15)7-13-11(16)9(2)10(12)14-17/h8-9,17H,3-7H2,1-2H3,(H2,12,14)(H,13,16). The minimum atomic E-state index is -0.592. The second-order valence-electron chi connectivity index (χ2n) is 4.58. The van der Waals surface area contributed by atoms with E-state index in [1.165, 1.54) is 12.8 Å². The van der Waals surface area contributed by atoms with Crippen LogP contribution in [0.5, 0.6) is 0 Å². The van der Waals surface area contributed by atoms with Gasteiger partial charge in [0.2, 0.25) is 5.91 Å². The third kappa shape index (κ3) is 3.89. The molecule has 0 aromatic rings. The Morgan fingerprint density at radius 2 is 2.06 bits per heavy atom. The number of carbonyl (C=O) groups excluding carboxylic acids is 1. The maximum Gasteiger partial charge on any atom is 0.230 e. The van der Waals surface area contributed by atoms with Gasteiger partial charge in [-0.1, -0.05) is 5.16 Å². The third-order valence-corrected chi connectivity index (χ3v) is 3.29. The SMILES string of the molecule is CC(C(=O)NCC(C)N1CCCC1)C(N)=NO. The van der Waals surface area contributed by atoms with Gasteiger partial charge in [-0.15, -0.1) is 0 Å². The van der Waals surface area contributed by atoms with Crippen molar-refractivity contribution >= 4 is 11.7 Å². The molecule has 2 atom stereocenters. The number of nitrogens with one attached hydrogen (secondary N) is 1. The summed E-state index contributed by atoms with van der Waals surface area (Å²) in [5.74, 6) is -0.853. The Kier molecular flexibility index (Phi) is 5.21. The summed E-state index contributed by atoms with van der Waals surface area (Å²) in [7, 11) is 0. The van der Waals surface area contributed by atoms with Crippen LogP contribution >= 0.6 is 0 Å². The molecule has 1 heterocycles. The molecular formula is C11H22N4O2. The molecule has 2 unspecified atom stereocenters. The molecule has 17 heavy (non-hydrogen) atoms. The summed E-state index contributed by atoms with van der Waals surface area (Å²) in [4.78, 5) is 14.0. The number of carbonyl (C=O) groups is 1. The Bertz CT molecular complexity index is 287. The molecule has 0 aromatic heterocycles. The topological polar surface area (TPSA) is 91.0 Å². The van der Waals surface area contributed by atoms with Gasteiger partial charge in [0, 0.05) is 12.6 Å². The highest BCUT2D eigenvalue weighted by atomic mass is 16.4. The first-order chi connectivity index (χ1) is 8.06. The van der Waals surface area contributed by atoms with Crippen molar-refractivity contribution in [3.8, 4) is 0 Å². The second kappa shape index (κ2) is 6.44. The van der Waals surface area contributed by atoms with E-state index in [-0.39, 0.29) is 11.7 Å². The summed E-state index contributed by atoms with van der Waals surface area (Å²) in [6.45, 7) is 6.52. The van der Waals surface area contributed by atoms with Crippen LogP contribution in [0.1, 0.15) is 26.7 Å². The van der Waals surface area contributed by atoms with Crippen LogP contribution in [0.15, 0.2) is 5.16 Å². The van der Waals surface area contributed by atoms with E-state index >= 15 is 0 Å². The lowest BCUT2D eigenvalue weighted by Crippen LogP contribution is -2.44. The zero-order valence-corrected chi connectivity index (χ0v) is 10.5. The zero-order valence-electron chi connectivity index (χ0n) is 10.5. The molecule has 1 aliphatic heterocycles. The Hall–Kier alpha value is -1.30. The van der Waals surface area contributed by atoms with Crippen molar-refractivity contribution in [2.75, 3.05) is 19.6 Å². The van der Waals surface area contributed by atoms with Gasteiger partial charge in [-0.05, 0) is 39.8 Å². The van der Waals surface area contributed by atoms with E-state index in [4.69, 9.17) is 10.9 Å². The molecule has 6 nitrogen and oxygen atoms in total. The average molecular weight is 242 g/mol. The molecule has 1 saturated heterocycles. The van der Waals surface area contributed by atoms with Crippen LogP contribution in [0.2, 0.25) is 0 Å². The summed E-state index contributed by atoms with van der Waals surface area (Å²) >= 11 is 0. The Balaban J connectivity index is 2.32. The highest BCUT2D eigenvalue weighted by molar-refractivity contribution is 6.01. The molecule has 0 aliphatic carbocycles. The van der Waals surface area contributed by atoms with Gasteiger partial charge in [0.05, 0.1) is 5.92 Å². The van der Waals surface area contributed by atoms with Crippen LogP contribution < -0.4 is 11.1 Å². The van der Waals surface area contributed by atoms with Crippen LogP contribution in [0.4, 0.5) is 0 Å². The molecule has 4 N–H and O–H groups in total. The van der Waals surface area contributed by atoms with Crippen LogP contribution in [-0.4, -0.2) is 47.5 Å². The molecule has 0 bridgehead atoms. The maximum absolute atomic E-state index is 11.7. The highest BCUT2D eigenvalue weighted by Gasteiger charge is 2.21. The zero-order chi connectivity index (χ0) is 12.8. The van der Waals surface area contributed by atoms with E-state index in [2.05, 4.69) is 22.3 Å². The Morgan fingerprint density at radius 3 is 2.59 bits per heavy atom. The molecule has 98 valence electrons. The smallest absolute Gasteiger partial charge is 0.230 e. The summed E-state index contributed by atoms with van der Waals surface area (Å²) in [5.41, 5.74) is 5.37. The fourth-order valence-electron chi connectivity index (χ4n) is 1.93. The number of rotatable bonds is 5. The number of amidine groups is 1. The van der Waals surface area contributed by atoms with Crippen LogP contribution in [0.3, 0.4) is 0 Å². The number of nitrogens with zero attached hydrogens (tertiary/aromatic N) is 2.